The van der Waals surface area contributed by atoms with Crippen molar-refractivity contribution in [3.63, 3.8) is 0 Å². The van der Waals surface area contributed by atoms with Crippen LogP contribution in [0.2, 0.25) is 0 Å². The van der Waals surface area contributed by atoms with E-state index in [0.717, 1.165) is 33.8 Å². The lowest BCUT2D eigenvalue weighted by Crippen LogP contribution is -2.47. The molecule has 1 aromatic heterocycles. The number of aryl methyl sites for hydroxylation is 1. The molecule has 0 bridgehead atoms. The number of carbonyl (C=O) groups excluding carboxylic acids is 1. The topological polar surface area (TPSA) is 45.2 Å². The molecule has 1 saturated heterocycles. The van der Waals surface area contributed by atoms with Crippen molar-refractivity contribution >= 4 is 28.6 Å². The summed E-state index contributed by atoms with van der Waals surface area (Å²) in [6.07, 6.45) is 4.81. The van der Waals surface area contributed by atoms with Gasteiger partial charge in [-0.05, 0) is 62.9 Å². The molecule has 1 aliphatic heterocycles. The number of likely N-dealkylation sites (tertiary alicyclic amines) is 1. The van der Waals surface area contributed by atoms with Gasteiger partial charge in [-0.1, -0.05) is 55.4 Å². The van der Waals surface area contributed by atoms with Gasteiger partial charge in [0.2, 0.25) is 0 Å². The van der Waals surface area contributed by atoms with Gasteiger partial charge in [-0.15, -0.1) is 0 Å². The Balaban J connectivity index is 1.50. The minimum Gasteiger partial charge on any atom is -0.351 e. The van der Waals surface area contributed by atoms with Crippen LogP contribution in [0.5, 0.6) is 0 Å². The molecule has 1 aliphatic rings. The summed E-state index contributed by atoms with van der Waals surface area (Å²) in [5.74, 6) is -0.0240. The van der Waals surface area contributed by atoms with Gasteiger partial charge >= 0.3 is 0 Å². The van der Waals surface area contributed by atoms with Crippen molar-refractivity contribution in [3.05, 3.63) is 65.7 Å². The van der Waals surface area contributed by atoms with Crippen molar-refractivity contribution in [1.82, 2.24) is 15.2 Å². The van der Waals surface area contributed by atoms with Crippen molar-refractivity contribution in [3.8, 4) is 0 Å². The maximum Gasteiger partial charge on any atom is 0.252 e. The number of hydrogen-bond donors (Lipinski definition) is 1. The summed E-state index contributed by atoms with van der Waals surface area (Å²) >= 11 is 1.60. The molecule has 2 aromatic carbocycles. The van der Waals surface area contributed by atoms with E-state index in [1.807, 2.05) is 30.3 Å². The van der Waals surface area contributed by atoms with Gasteiger partial charge in [-0.3, -0.25) is 9.69 Å². The number of pyridine rings is 1. The molecule has 0 saturated carbocycles. The van der Waals surface area contributed by atoms with Crippen molar-refractivity contribution < 1.29 is 4.79 Å². The van der Waals surface area contributed by atoms with E-state index in [0.29, 0.717) is 24.2 Å². The normalized spacial score (nSPS) is 19.2. The van der Waals surface area contributed by atoms with Gasteiger partial charge in [0.1, 0.15) is 5.03 Å². The van der Waals surface area contributed by atoms with Crippen LogP contribution in [0.4, 0.5) is 0 Å². The Bertz CT molecular complexity index is 1060. The predicted molar refractivity (Wildman–Crippen MR) is 134 cm³/mol. The Labute approximate surface area is 195 Å². The molecule has 4 nitrogen and oxygen atoms in total. The van der Waals surface area contributed by atoms with Crippen molar-refractivity contribution in [2.75, 3.05) is 13.1 Å². The first-order chi connectivity index (χ1) is 15.5. The average Bonchev–Trinajstić information content (AvgIpc) is 2.81. The van der Waals surface area contributed by atoms with Gasteiger partial charge in [0.15, 0.2) is 0 Å². The molecule has 0 spiro atoms. The highest BCUT2D eigenvalue weighted by Crippen LogP contribution is 2.30. The first-order valence-corrected chi connectivity index (χ1v) is 12.6. The minimum absolute atomic E-state index is 0.0240. The van der Waals surface area contributed by atoms with E-state index < -0.39 is 0 Å². The maximum atomic E-state index is 13.2. The van der Waals surface area contributed by atoms with Gasteiger partial charge in [0.05, 0.1) is 11.1 Å². The standard InChI is InChI=1S/C27H33N3OS/c1-4-21-12-14-22(15-13-21)32-26-18-24(23-10-5-6-11-25(23)29-26)27(31)28-16-17-30-19(2)8-7-9-20(30)3/h5-6,10-15,18-20H,4,7-9,16-17H2,1-3H3,(H,28,31)/t19-,20-/m1/s1. The lowest BCUT2D eigenvalue weighted by atomic mass is 9.98. The van der Waals surface area contributed by atoms with E-state index in [9.17, 15) is 4.79 Å². The summed E-state index contributed by atoms with van der Waals surface area (Å²) in [5, 5.41) is 4.91. The highest BCUT2D eigenvalue weighted by atomic mass is 32.2. The molecule has 1 fully saturated rings. The Morgan fingerprint density at radius 3 is 2.53 bits per heavy atom. The number of aromatic nitrogens is 1. The number of fused-ring (bicyclic) bond motifs is 1. The Morgan fingerprint density at radius 2 is 1.81 bits per heavy atom. The largest absolute Gasteiger partial charge is 0.351 e. The quantitative estimate of drug-likeness (QED) is 0.487. The number of nitrogens with zero attached hydrogens (tertiary/aromatic N) is 2. The van der Waals surface area contributed by atoms with E-state index >= 15 is 0 Å². The fourth-order valence-electron chi connectivity index (χ4n) is 4.61. The number of benzene rings is 2. The first-order valence-electron chi connectivity index (χ1n) is 11.8. The van der Waals surface area contributed by atoms with Crippen LogP contribution in [0.3, 0.4) is 0 Å². The number of nitrogens with one attached hydrogen (secondary N) is 1. The molecule has 2 heterocycles. The number of hydrogen-bond acceptors (Lipinski definition) is 4. The van der Waals surface area contributed by atoms with E-state index in [1.54, 1.807) is 11.8 Å². The second-order valence-corrected chi connectivity index (χ2v) is 9.84. The third-order valence-electron chi connectivity index (χ3n) is 6.52. The fraction of sp³-hybridized carbons (Fsp3) is 0.407. The summed E-state index contributed by atoms with van der Waals surface area (Å²) in [5.41, 5.74) is 2.87. The third kappa shape index (κ3) is 5.33. The van der Waals surface area contributed by atoms with Gasteiger partial charge in [-0.25, -0.2) is 4.98 Å². The molecule has 32 heavy (non-hydrogen) atoms. The lowest BCUT2D eigenvalue weighted by molar-refractivity contribution is 0.0890. The zero-order chi connectivity index (χ0) is 22.5. The number of amides is 1. The van der Waals surface area contributed by atoms with E-state index in [4.69, 9.17) is 4.98 Å². The van der Waals surface area contributed by atoms with Crippen LogP contribution in [-0.2, 0) is 6.42 Å². The molecule has 0 unspecified atom stereocenters. The zero-order valence-electron chi connectivity index (χ0n) is 19.3. The summed E-state index contributed by atoms with van der Waals surface area (Å²) in [7, 11) is 0. The molecule has 0 aliphatic carbocycles. The number of carbonyl (C=O) groups is 1. The van der Waals surface area contributed by atoms with Crippen LogP contribution < -0.4 is 5.32 Å². The summed E-state index contributed by atoms with van der Waals surface area (Å²) in [4.78, 5) is 21.6. The zero-order valence-corrected chi connectivity index (χ0v) is 20.1. The molecule has 1 N–H and O–H groups in total. The smallest absolute Gasteiger partial charge is 0.252 e. The summed E-state index contributed by atoms with van der Waals surface area (Å²) < 4.78 is 0. The van der Waals surface area contributed by atoms with Crippen LogP contribution >= 0.6 is 11.8 Å². The Kier molecular flexibility index (Phi) is 7.48. The number of rotatable bonds is 7. The van der Waals surface area contributed by atoms with Gasteiger partial charge in [0, 0.05) is 35.5 Å². The van der Waals surface area contributed by atoms with Crippen LogP contribution in [0.15, 0.2) is 64.5 Å². The fourth-order valence-corrected chi connectivity index (χ4v) is 5.45. The van der Waals surface area contributed by atoms with Crippen LogP contribution in [-0.4, -0.2) is 41.0 Å². The molecule has 4 rings (SSSR count). The van der Waals surface area contributed by atoms with E-state index in [-0.39, 0.29) is 5.91 Å². The maximum absolute atomic E-state index is 13.2. The molecule has 0 radical (unpaired) electrons. The highest BCUT2D eigenvalue weighted by molar-refractivity contribution is 7.99. The van der Waals surface area contributed by atoms with Gasteiger partial charge < -0.3 is 5.32 Å². The molecule has 5 heteroatoms. The van der Waals surface area contributed by atoms with Crippen LogP contribution in [0, 0.1) is 0 Å². The van der Waals surface area contributed by atoms with Crippen LogP contribution in [0.1, 0.15) is 56.0 Å². The molecule has 168 valence electrons. The average molecular weight is 448 g/mol. The second-order valence-electron chi connectivity index (χ2n) is 8.75. The molecule has 3 aromatic rings. The summed E-state index contributed by atoms with van der Waals surface area (Å²) in [6, 6.07) is 19.6. The van der Waals surface area contributed by atoms with Crippen molar-refractivity contribution in [2.24, 2.45) is 0 Å². The Morgan fingerprint density at radius 1 is 1.09 bits per heavy atom. The predicted octanol–water partition coefficient (Wildman–Crippen LogP) is 5.94. The minimum atomic E-state index is -0.0240. The summed E-state index contributed by atoms with van der Waals surface area (Å²) in [6.45, 7) is 8.30. The van der Waals surface area contributed by atoms with Gasteiger partial charge in [-0.2, -0.15) is 0 Å². The lowest BCUT2D eigenvalue weighted by Gasteiger charge is -2.39. The van der Waals surface area contributed by atoms with Gasteiger partial charge in [0.25, 0.3) is 5.91 Å². The molecular formula is C27H33N3OS. The SMILES string of the molecule is CCc1ccc(Sc2cc(C(=O)NCCN3[C@H](C)CCC[C@H]3C)c3ccccc3n2)cc1. The number of para-hydroxylation sites is 1. The van der Waals surface area contributed by atoms with Crippen molar-refractivity contribution in [2.45, 2.75) is 68.5 Å². The van der Waals surface area contributed by atoms with Crippen molar-refractivity contribution in [1.29, 1.82) is 0 Å². The molecule has 1 amide bonds. The highest BCUT2D eigenvalue weighted by Gasteiger charge is 2.24. The third-order valence-corrected chi connectivity index (χ3v) is 7.45. The molecular weight excluding hydrogens is 414 g/mol. The van der Waals surface area contributed by atoms with E-state index in [2.05, 4.69) is 55.3 Å². The number of piperidine rings is 1. The Hall–Kier alpha value is -2.37. The monoisotopic (exact) mass is 447 g/mol. The van der Waals surface area contributed by atoms with Crippen LogP contribution in [0.25, 0.3) is 10.9 Å². The second kappa shape index (κ2) is 10.5. The molecule has 2 atom stereocenters. The van der Waals surface area contributed by atoms with E-state index in [1.165, 1.54) is 24.8 Å². The first kappa shape index (κ1) is 22.8.